The number of fused-ring (bicyclic) bond motifs is 1. The van der Waals surface area contributed by atoms with Gasteiger partial charge in [-0.1, -0.05) is 23.8 Å². The van der Waals surface area contributed by atoms with Gasteiger partial charge in [-0.2, -0.15) is 0 Å². The maximum atomic E-state index is 5.50. The second kappa shape index (κ2) is 9.77. The van der Waals surface area contributed by atoms with Crippen LogP contribution in [0.2, 0.25) is 0 Å². The van der Waals surface area contributed by atoms with Crippen molar-refractivity contribution in [3.63, 3.8) is 0 Å². The van der Waals surface area contributed by atoms with Gasteiger partial charge in [0.05, 0.1) is 25.4 Å². The number of pyridine rings is 1. The predicted molar refractivity (Wildman–Crippen MR) is 125 cm³/mol. The van der Waals surface area contributed by atoms with Crippen LogP contribution in [-0.2, 0) is 6.54 Å². The van der Waals surface area contributed by atoms with E-state index in [2.05, 4.69) is 64.1 Å². The largest absolute Gasteiger partial charge is 0.496 e. The lowest BCUT2D eigenvalue weighted by Crippen LogP contribution is -2.38. The number of halogens is 1. The van der Waals surface area contributed by atoms with Crippen LogP contribution in [0.3, 0.4) is 0 Å². The van der Waals surface area contributed by atoms with Gasteiger partial charge in [0.25, 0.3) is 0 Å². The first-order valence-corrected chi connectivity index (χ1v) is 9.07. The number of methoxy groups -OCH3 is 1. The smallest absolute Gasteiger partial charge is 0.191 e. The SMILES string of the molecule is CN=C(NCc1cn2c(C)cccc2n1)NC(C)c1cc(C)ccc1OC.I. The number of nitrogens with one attached hydrogen (secondary N) is 2. The number of hydrogen-bond acceptors (Lipinski definition) is 3. The normalized spacial score (nSPS) is 12.4. The second-order valence-corrected chi connectivity index (χ2v) is 6.66. The van der Waals surface area contributed by atoms with E-state index in [0.29, 0.717) is 6.54 Å². The third-order valence-corrected chi connectivity index (χ3v) is 4.61. The Morgan fingerprint density at radius 3 is 2.71 bits per heavy atom. The fourth-order valence-electron chi connectivity index (χ4n) is 3.13. The minimum atomic E-state index is 0. The molecule has 0 aliphatic heterocycles. The van der Waals surface area contributed by atoms with Crippen LogP contribution in [0, 0.1) is 13.8 Å². The van der Waals surface area contributed by atoms with Crippen LogP contribution in [0.1, 0.15) is 35.5 Å². The van der Waals surface area contributed by atoms with Crippen molar-refractivity contribution in [2.45, 2.75) is 33.4 Å². The number of rotatable bonds is 5. The van der Waals surface area contributed by atoms with Crippen molar-refractivity contribution < 1.29 is 4.74 Å². The highest BCUT2D eigenvalue weighted by Crippen LogP contribution is 2.25. The molecule has 1 unspecified atom stereocenters. The number of ether oxygens (including phenoxy) is 1. The highest BCUT2D eigenvalue weighted by molar-refractivity contribution is 14.0. The van der Waals surface area contributed by atoms with Crippen LogP contribution < -0.4 is 15.4 Å². The standard InChI is InChI=1S/C21H27N5O.HI/c1-14-9-10-19(27-5)18(11-14)16(3)24-21(22-4)23-12-17-13-26-15(2)7-6-8-20(26)25-17;/h6-11,13,16H,12H2,1-5H3,(H2,22,23,24);1H. The molecule has 6 nitrogen and oxygen atoms in total. The monoisotopic (exact) mass is 493 g/mol. The van der Waals surface area contributed by atoms with Gasteiger partial charge in [-0.05, 0) is 39.0 Å². The Balaban J connectivity index is 0.00000280. The molecule has 0 aliphatic carbocycles. The zero-order valence-electron chi connectivity index (χ0n) is 17.0. The molecule has 1 atom stereocenters. The molecule has 0 radical (unpaired) electrons. The Kier molecular flexibility index (Phi) is 7.68. The van der Waals surface area contributed by atoms with Crippen LogP contribution in [0.4, 0.5) is 0 Å². The molecule has 0 aliphatic rings. The number of aliphatic imine (C=N–C) groups is 1. The Morgan fingerprint density at radius 2 is 2.04 bits per heavy atom. The number of imidazole rings is 1. The van der Waals surface area contributed by atoms with Gasteiger partial charge in [0.15, 0.2) is 5.96 Å². The third-order valence-electron chi connectivity index (χ3n) is 4.61. The highest BCUT2D eigenvalue weighted by Gasteiger charge is 2.13. The lowest BCUT2D eigenvalue weighted by Gasteiger charge is -2.20. The summed E-state index contributed by atoms with van der Waals surface area (Å²) in [5.74, 6) is 1.59. The summed E-state index contributed by atoms with van der Waals surface area (Å²) in [5, 5.41) is 6.77. The molecule has 2 heterocycles. The van der Waals surface area contributed by atoms with Crippen molar-refractivity contribution in [2.75, 3.05) is 14.2 Å². The van der Waals surface area contributed by atoms with E-state index in [1.807, 2.05) is 24.3 Å². The maximum Gasteiger partial charge on any atom is 0.191 e. The molecule has 28 heavy (non-hydrogen) atoms. The zero-order valence-corrected chi connectivity index (χ0v) is 19.3. The van der Waals surface area contributed by atoms with E-state index >= 15 is 0 Å². The van der Waals surface area contributed by atoms with Crippen LogP contribution in [0.5, 0.6) is 5.75 Å². The summed E-state index contributed by atoms with van der Waals surface area (Å²) >= 11 is 0. The van der Waals surface area contributed by atoms with Gasteiger partial charge in [-0.3, -0.25) is 4.99 Å². The molecule has 2 aromatic heterocycles. The number of benzene rings is 1. The summed E-state index contributed by atoms with van der Waals surface area (Å²) in [6.45, 7) is 6.84. The lowest BCUT2D eigenvalue weighted by molar-refractivity contribution is 0.405. The van der Waals surface area contributed by atoms with Crippen molar-refractivity contribution >= 4 is 35.6 Å². The molecule has 0 saturated heterocycles. The van der Waals surface area contributed by atoms with Crippen molar-refractivity contribution in [3.8, 4) is 5.75 Å². The third kappa shape index (κ3) is 4.95. The number of nitrogens with zero attached hydrogens (tertiary/aromatic N) is 3. The van der Waals surface area contributed by atoms with Gasteiger partial charge in [0.2, 0.25) is 0 Å². The molecule has 150 valence electrons. The van der Waals surface area contributed by atoms with Crippen molar-refractivity contribution in [1.29, 1.82) is 0 Å². The topological polar surface area (TPSA) is 63.0 Å². The maximum absolute atomic E-state index is 5.50. The minimum absolute atomic E-state index is 0. The molecule has 0 fully saturated rings. The molecular formula is C21H28IN5O. The van der Waals surface area contributed by atoms with E-state index in [9.17, 15) is 0 Å². The van der Waals surface area contributed by atoms with Crippen molar-refractivity contribution in [2.24, 2.45) is 4.99 Å². The Labute approximate surface area is 183 Å². The highest BCUT2D eigenvalue weighted by atomic mass is 127. The molecule has 0 spiro atoms. The zero-order chi connectivity index (χ0) is 19.4. The molecule has 0 amide bonds. The van der Waals surface area contributed by atoms with Gasteiger partial charge >= 0.3 is 0 Å². The van der Waals surface area contributed by atoms with Crippen LogP contribution in [0.25, 0.3) is 5.65 Å². The molecule has 3 rings (SSSR count). The van der Waals surface area contributed by atoms with Gasteiger partial charge in [0, 0.05) is 24.5 Å². The van der Waals surface area contributed by atoms with Crippen molar-refractivity contribution in [1.82, 2.24) is 20.0 Å². The molecule has 0 bridgehead atoms. The van der Waals surface area contributed by atoms with Crippen LogP contribution in [0.15, 0.2) is 47.6 Å². The average Bonchev–Trinajstić information content (AvgIpc) is 3.09. The minimum Gasteiger partial charge on any atom is -0.496 e. The Hall–Kier alpha value is -2.29. The first-order chi connectivity index (χ1) is 13.0. The Morgan fingerprint density at radius 1 is 1.25 bits per heavy atom. The Bertz CT molecular complexity index is 967. The molecule has 0 saturated carbocycles. The van der Waals surface area contributed by atoms with Crippen LogP contribution >= 0.6 is 24.0 Å². The van der Waals surface area contributed by atoms with E-state index in [4.69, 9.17) is 4.74 Å². The summed E-state index contributed by atoms with van der Waals surface area (Å²) in [4.78, 5) is 8.99. The molecule has 7 heteroatoms. The van der Waals surface area contributed by atoms with Gasteiger partial charge in [-0.25, -0.2) is 4.98 Å². The number of aryl methyl sites for hydroxylation is 2. The van der Waals surface area contributed by atoms with E-state index in [0.717, 1.165) is 34.3 Å². The predicted octanol–water partition coefficient (Wildman–Crippen LogP) is 4.00. The van der Waals surface area contributed by atoms with E-state index in [1.165, 1.54) is 5.56 Å². The van der Waals surface area contributed by atoms with E-state index in [-0.39, 0.29) is 30.0 Å². The summed E-state index contributed by atoms with van der Waals surface area (Å²) < 4.78 is 7.59. The summed E-state index contributed by atoms with van der Waals surface area (Å²) in [5.41, 5.74) is 5.38. The van der Waals surface area contributed by atoms with E-state index in [1.54, 1.807) is 14.2 Å². The van der Waals surface area contributed by atoms with Gasteiger partial charge in [0.1, 0.15) is 11.4 Å². The fourth-order valence-corrected chi connectivity index (χ4v) is 3.13. The number of aromatic nitrogens is 2. The molecule has 1 aromatic carbocycles. The summed E-state index contributed by atoms with van der Waals surface area (Å²) in [6, 6.07) is 12.3. The quantitative estimate of drug-likeness (QED) is 0.321. The van der Waals surface area contributed by atoms with E-state index < -0.39 is 0 Å². The number of hydrogen-bond donors (Lipinski definition) is 2. The van der Waals surface area contributed by atoms with Gasteiger partial charge < -0.3 is 19.8 Å². The van der Waals surface area contributed by atoms with Gasteiger partial charge in [-0.15, -0.1) is 24.0 Å². The van der Waals surface area contributed by atoms with Crippen LogP contribution in [-0.4, -0.2) is 29.5 Å². The first-order valence-electron chi connectivity index (χ1n) is 9.07. The summed E-state index contributed by atoms with van der Waals surface area (Å²) in [7, 11) is 3.46. The fraction of sp³-hybridized carbons (Fsp3) is 0.333. The average molecular weight is 493 g/mol. The van der Waals surface area contributed by atoms with Crippen molar-refractivity contribution in [3.05, 3.63) is 65.1 Å². The first kappa shape index (κ1) is 22.0. The molecule has 3 aromatic rings. The molecular weight excluding hydrogens is 465 g/mol. The molecule has 2 N–H and O–H groups in total. The number of guanidine groups is 1. The lowest BCUT2D eigenvalue weighted by atomic mass is 10.0. The summed E-state index contributed by atoms with van der Waals surface area (Å²) in [6.07, 6.45) is 2.05. The second-order valence-electron chi connectivity index (χ2n) is 6.66.